The number of thioether (sulfide) groups is 1. The summed E-state index contributed by atoms with van der Waals surface area (Å²) in [5, 5.41) is 8.50. The Balaban J connectivity index is 2.85. The summed E-state index contributed by atoms with van der Waals surface area (Å²) in [5.41, 5.74) is 1.56. The van der Waals surface area contributed by atoms with E-state index in [0.717, 1.165) is 11.3 Å². The Morgan fingerprint density at radius 2 is 2.55 bits per heavy atom. The maximum absolute atomic E-state index is 8.50. The van der Waals surface area contributed by atoms with Gasteiger partial charge in [-0.25, -0.2) is 4.98 Å². The molecule has 1 rings (SSSR count). The maximum Gasteiger partial charge on any atom is 0.140 e. The summed E-state index contributed by atoms with van der Waals surface area (Å²) >= 11 is 1.49. The van der Waals surface area contributed by atoms with Crippen LogP contribution in [-0.4, -0.2) is 4.98 Å². The molecule has 0 spiro atoms. The Hall–Kier alpha value is -1.01. The molecular formula is C8H7N2S. The zero-order valence-electron chi connectivity index (χ0n) is 5.95. The summed E-state index contributed by atoms with van der Waals surface area (Å²) in [6.45, 7) is 0. The predicted molar refractivity (Wildman–Crippen MR) is 45.6 cm³/mol. The Morgan fingerprint density at radius 1 is 1.73 bits per heavy atom. The summed E-state index contributed by atoms with van der Waals surface area (Å²) < 4.78 is 0. The second-order valence-corrected chi connectivity index (χ2v) is 2.71. The van der Waals surface area contributed by atoms with E-state index in [0.29, 0.717) is 5.69 Å². The van der Waals surface area contributed by atoms with E-state index in [1.54, 1.807) is 12.3 Å². The zero-order chi connectivity index (χ0) is 8.10. The first kappa shape index (κ1) is 8.09. The van der Waals surface area contributed by atoms with E-state index in [9.17, 15) is 0 Å². The van der Waals surface area contributed by atoms with Crippen LogP contribution in [0.3, 0.4) is 0 Å². The molecule has 1 heterocycles. The summed E-state index contributed by atoms with van der Waals surface area (Å²) in [6, 6.07) is 5.65. The standard InChI is InChI=1S/C8H7N2S/c1-11-6-7-2-3-10-8(4-7)5-9/h2-4H,1,6H2. The van der Waals surface area contributed by atoms with E-state index in [-0.39, 0.29) is 0 Å². The van der Waals surface area contributed by atoms with E-state index in [4.69, 9.17) is 5.26 Å². The molecule has 1 aromatic heterocycles. The molecule has 0 saturated carbocycles. The van der Waals surface area contributed by atoms with Gasteiger partial charge >= 0.3 is 0 Å². The number of hydrogen-bond donors (Lipinski definition) is 0. The molecule has 0 unspecified atom stereocenters. The molecule has 1 radical (unpaired) electrons. The first-order valence-corrected chi connectivity index (χ1v) is 4.24. The smallest absolute Gasteiger partial charge is 0.140 e. The van der Waals surface area contributed by atoms with Gasteiger partial charge in [-0.1, -0.05) is 0 Å². The van der Waals surface area contributed by atoms with Gasteiger partial charge in [-0.05, 0) is 17.7 Å². The molecule has 1 aromatic rings. The van der Waals surface area contributed by atoms with Crippen molar-refractivity contribution >= 4 is 11.8 Å². The predicted octanol–water partition coefficient (Wildman–Crippen LogP) is 1.98. The molecule has 0 aliphatic rings. The van der Waals surface area contributed by atoms with Crippen molar-refractivity contribution in [2.45, 2.75) is 5.75 Å². The minimum absolute atomic E-state index is 0.469. The molecule has 0 saturated heterocycles. The van der Waals surface area contributed by atoms with Crippen molar-refractivity contribution in [2.75, 3.05) is 0 Å². The van der Waals surface area contributed by atoms with Crippen LogP contribution in [0.25, 0.3) is 0 Å². The molecule has 0 atom stereocenters. The molecular weight excluding hydrogens is 156 g/mol. The SMILES string of the molecule is [CH2]SCc1ccnc(C#N)c1. The van der Waals surface area contributed by atoms with E-state index in [2.05, 4.69) is 11.2 Å². The van der Waals surface area contributed by atoms with Gasteiger partial charge in [0.1, 0.15) is 11.8 Å². The second kappa shape index (κ2) is 3.99. The van der Waals surface area contributed by atoms with Crippen molar-refractivity contribution in [3.63, 3.8) is 0 Å². The summed E-state index contributed by atoms with van der Waals surface area (Å²) in [5.74, 6) is 0.831. The summed E-state index contributed by atoms with van der Waals surface area (Å²) in [6.07, 6.45) is 5.29. The highest BCUT2D eigenvalue weighted by atomic mass is 32.2. The molecule has 0 bridgehead atoms. The van der Waals surface area contributed by atoms with Crippen LogP contribution in [0, 0.1) is 17.6 Å². The second-order valence-electron chi connectivity index (χ2n) is 2.01. The largest absolute Gasteiger partial charge is 0.246 e. The fraction of sp³-hybridized carbons (Fsp3) is 0.125. The lowest BCUT2D eigenvalue weighted by Crippen LogP contribution is -1.84. The highest BCUT2D eigenvalue weighted by Crippen LogP contribution is 2.09. The fourth-order valence-electron chi connectivity index (χ4n) is 0.743. The minimum Gasteiger partial charge on any atom is -0.246 e. The number of pyridine rings is 1. The van der Waals surface area contributed by atoms with E-state index >= 15 is 0 Å². The van der Waals surface area contributed by atoms with Crippen LogP contribution in [0.4, 0.5) is 0 Å². The van der Waals surface area contributed by atoms with Crippen LogP contribution in [0.2, 0.25) is 0 Å². The number of rotatable bonds is 2. The van der Waals surface area contributed by atoms with Gasteiger partial charge in [0.05, 0.1) is 0 Å². The van der Waals surface area contributed by atoms with Crippen molar-refractivity contribution in [1.82, 2.24) is 4.98 Å². The van der Waals surface area contributed by atoms with Crippen molar-refractivity contribution in [2.24, 2.45) is 0 Å². The van der Waals surface area contributed by atoms with Crippen LogP contribution >= 0.6 is 11.8 Å². The first-order chi connectivity index (χ1) is 5.36. The van der Waals surface area contributed by atoms with Crippen LogP contribution in [0.15, 0.2) is 18.3 Å². The van der Waals surface area contributed by atoms with Crippen molar-refractivity contribution in [3.8, 4) is 6.07 Å². The number of aromatic nitrogens is 1. The Labute approximate surface area is 70.3 Å². The van der Waals surface area contributed by atoms with Gasteiger partial charge in [-0.3, -0.25) is 0 Å². The summed E-state index contributed by atoms with van der Waals surface area (Å²) in [7, 11) is 0. The zero-order valence-corrected chi connectivity index (χ0v) is 6.77. The van der Waals surface area contributed by atoms with Gasteiger partial charge in [-0.2, -0.15) is 17.0 Å². The highest BCUT2D eigenvalue weighted by molar-refractivity contribution is 7.99. The van der Waals surface area contributed by atoms with Gasteiger partial charge in [0.25, 0.3) is 0 Å². The molecule has 3 heteroatoms. The Morgan fingerprint density at radius 3 is 3.18 bits per heavy atom. The molecule has 0 amide bonds. The molecule has 0 aromatic carbocycles. The molecule has 0 aliphatic carbocycles. The number of nitriles is 1. The van der Waals surface area contributed by atoms with Gasteiger partial charge in [-0.15, -0.1) is 0 Å². The van der Waals surface area contributed by atoms with Gasteiger partial charge < -0.3 is 0 Å². The van der Waals surface area contributed by atoms with E-state index in [1.807, 2.05) is 12.1 Å². The Bertz CT molecular complexity index is 278. The third-order valence-electron chi connectivity index (χ3n) is 1.21. The van der Waals surface area contributed by atoms with Gasteiger partial charge in [0.2, 0.25) is 0 Å². The quantitative estimate of drug-likeness (QED) is 0.669. The molecule has 0 N–H and O–H groups in total. The lowest BCUT2D eigenvalue weighted by Gasteiger charge is -1.95. The van der Waals surface area contributed by atoms with E-state index < -0.39 is 0 Å². The molecule has 0 aliphatic heterocycles. The Kier molecular flexibility index (Phi) is 2.94. The lowest BCUT2D eigenvalue weighted by atomic mass is 10.2. The summed E-state index contributed by atoms with van der Waals surface area (Å²) in [4.78, 5) is 3.85. The van der Waals surface area contributed by atoms with E-state index in [1.165, 1.54) is 11.8 Å². The minimum atomic E-state index is 0.469. The van der Waals surface area contributed by atoms with Crippen LogP contribution < -0.4 is 0 Å². The normalized spacial score (nSPS) is 9.09. The van der Waals surface area contributed by atoms with Crippen molar-refractivity contribution < 1.29 is 0 Å². The van der Waals surface area contributed by atoms with Crippen molar-refractivity contribution in [3.05, 3.63) is 35.8 Å². The molecule has 11 heavy (non-hydrogen) atoms. The lowest BCUT2D eigenvalue weighted by molar-refractivity contribution is 1.22. The molecule has 2 nitrogen and oxygen atoms in total. The maximum atomic E-state index is 8.50. The topological polar surface area (TPSA) is 36.7 Å². The molecule has 55 valence electrons. The highest BCUT2D eigenvalue weighted by Gasteiger charge is 1.93. The number of hydrogen-bond acceptors (Lipinski definition) is 3. The average molecular weight is 163 g/mol. The van der Waals surface area contributed by atoms with Gasteiger partial charge in [0, 0.05) is 18.2 Å². The fourth-order valence-corrected chi connectivity index (χ4v) is 1.16. The average Bonchev–Trinajstić information content (AvgIpc) is 2.06. The van der Waals surface area contributed by atoms with Crippen LogP contribution in [0.5, 0.6) is 0 Å². The van der Waals surface area contributed by atoms with Crippen LogP contribution in [0.1, 0.15) is 11.3 Å². The van der Waals surface area contributed by atoms with Crippen molar-refractivity contribution in [1.29, 1.82) is 5.26 Å². The first-order valence-electron chi connectivity index (χ1n) is 3.09. The monoisotopic (exact) mass is 163 g/mol. The number of nitrogens with zero attached hydrogens (tertiary/aromatic N) is 2. The third kappa shape index (κ3) is 2.24. The van der Waals surface area contributed by atoms with Crippen LogP contribution in [-0.2, 0) is 5.75 Å². The molecule has 0 fully saturated rings. The van der Waals surface area contributed by atoms with Gasteiger partial charge in [0.15, 0.2) is 0 Å². The third-order valence-corrected chi connectivity index (χ3v) is 1.75.